The molecule has 0 aliphatic carbocycles. The van der Waals surface area contributed by atoms with Gasteiger partial charge in [-0.2, -0.15) is 0 Å². The van der Waals surface area contributed by atoms with Crippen LogP contribution in [0.25, 0.3) is 0 Å². The molecule has 8 nitrogen and oxygen atoms in total. The summed E-state index contributed by atoms with van der Waals surface area (Å²) in [5.74, 6) is -3.38. The molecule has 0 bridgehead atoms. The van der Waals surface area contributed by atoms with E-state index in [0.717, 1.165) is 6.26 Å². The summed E-state index contributed by atoms with van der Waals surface area (Å²) >= 11 is 0. The molecule has 0 aliphatic rings. The summed E-state index contributed by atoms with van der Waals surface area (Å²) in [7, 11) is -3.29. The number of nitrogens with one attached hydrogen (secondary N) is 1. The van der Waals surface area contributed by atoms with Gasteiger partial charge < -0.3 is 15.5 Å². The quantitative estimate of drug-likeness (QED) is 0.508. The summed E-state index contributed by atoms with van der Waals surface area (Å²) in [6, 6.07) is -1.20. The van der Waals surface area contributed by atoms with Crippen LogP contribution in [0.4, 0.5) is 0 Å². The van der Waals surface area contributed by atoms with Crippen molar-refractivity contribution < 1.29 is 33.0 Å². The van der Waals surface area contributed by atoms with Crippen molar-refractivity contribution in [2.45, 2.75) is 31.7 Å². The smallest absolute Gasteiger partial charge is 0.326 e. The van der Waals surface area contributed by atoms with E-state index in [4.69, 9.17) is 10.2 Å². The van der Waals surface area contributed by atoms with Crippen molar-refractivity contribution in [3.8, 4) is 0 Å². The molecule has 0 aromatic heterocycles. The number of hydrogen-bond donors (Lipinski definition) is 3. The zero-order valence-corrected chi connectivity index (χ0v) is 11.3. The second kappa shape index (κ2) is 7.72. The zero-order valence-electron chi connectivity index (χ0n) is 10.5. The Labute approximate surface area is 110 Å². The maximum absolute atomic E-state index is 11.3. The zero-order chi connectivity index (χ0) is 15.1. The second-order valence-electron chi connectivity index (χ2n) is 4.12. The minimum absolute atomic E-state index is 0.0216. The molecule has 0 fully saturated rings. The Morgan fingerprint density at radius 2 is 1.74 bits per heavy atom. The molecule has 19 heavy (non-hydrogen) atoms. The Morgan fingerprint density at radius 3 is 2.16 bits per heavy atom. The molecule has 0 saturated carbocycles. The van der Waals surface area contributed by atoms with Crippen molar-refractivity contribution in [3.05, 3.63) is 0 Å². The highest BCUT2D eigenvalue weighted by Crippen LogP contribution is 2.02. The monoisotopic (exact) mass is 295 g/mol. The molecule has 0 unspecified atom stereocenters. The van der Waals surface area contributed by atoms with Gasteiger partial charge in [-0.25, -0.2) is 13.2 Å². The standard InChI is InChI=1S/C10H17NO7S/c1-19(17,18)6-5-8(12)11-7(10(15)16)3-2-4-9(13)14/h7H,2-6H2,1H3,(H,11,12)(H,13,14)(H,15,16)/t7-/m1/s1. The Bertz CT molecular complexity index is 443. The molecular weight excluding hydrogens is 278 g/mol. The maximum atomic E-state index is 11.3. The van der Waals surface area contributed by atoms with Gasteiger partial charge in [0.15, 0.2) is 0 Å². The first-order valence-corrected chi connectivity index (χ1v) is 7.59. The molecule has 0 spiro atoms. The largest absolute Gasteiger partial charge is 0.481 e. The van der Waals surface area contributed by atoms with Crippen molar-refractivity contribution in [2.24, 2.45) is 0 Å². The number of carbonyl (C=O) groups excluding carboxylic acids is 1. The predicted molar refractivity (Wildman–Crippen MR) is 65.4 cm³/mol. The third-order valence-electron chi connectivity index (χ3n) is 2.22. The van der Waals surface area contributed by atoms with E-state index in [9.17, 15) is 22.8 Å². The summed E-state index contributed by atoms with van der Waals surface area (Å²) in [5, 5.41) is 19.4. The lowest BCUT2D eigenvalue weighted by Crippen LogP contribution is -2.41. The third kappa shape index (κ3) is 10.0. The number of carboxylic acids is 2. The summed E-state index contributed by atoms with van der Waals surface area (Å²) in [5.41, 5.74) is 0. The molecule has 1 atom stereocenters. The van der Waals surface area contributed by atoms with Crippen LogP contribution in [-0.4, -0.2) is 54.5 Å². The van der Waals surface area contributed by atoms with Crippen LogP contribution >= 0.6 is 0 Å². The van der Waals surface area contributed by atoms with Crippen LogP contribution in [0, 0.1) is 0 Å². The van der Waals surface area contributed by atoms with Crippen molar-refractivity contribution >= 4 is 27.7 Å². The molecule has 110 valence electrons. The summed E-state index contributed by atoms with van der Waals surface area (Å²) in [6.07, 6.45) is 0.553. The molecule has 0 rings (SSSR count). The first-order chi connectivity index (χ1) is 8.61. The van der Waals surface area contributed by atoms with Gasteiger partial charge in [-0.15, -0.1) is 0 Å². The normalized spacial score (nSPS) is 12.7. The van der Waals surface area contributed by atoms with Crippen LogP contribution in [0.15, 0.2) is 0 Å². The van der Waals surface area contributed by atoms with Gasteiger partial charge in [0, 0.05) is 19.1 Å². The van der Waals surface area contributed by atoms with Crippen molar-refractivity contribution in [2.75, 3.05) is 12.0 Å². The topological polar surface area (TPSA) is 138 Å². The van der Waals surface area contributed by atoms with Crippen LogP contribution < -0.4 is 5.32 Å². The minimum atomic E-state index is -3.29. The van der Waals surface area contributed by atoms with Gasteiger partial charge in [0.1, 0.15) is 15.9 Å². The van der Waals surface area contributed by atoms with Gasteiger partial charge in [-0.1, -0.05) is 0 Å². The highest BCUT2D eigenvalue weighted by molar-refractivity contribution is 7.90. The SMILES string of the molecule is CS(=O)(=O)CCC(=O)N[C@H](CCCC(=O)O)C(=O)O. The summed E-state index contributed by atoms with van der Waals surface area (Å²) in [4.78, 5) is 32.5. The third-order valence-corrected chi connectivity index (χ3v) is 3.16. The van der Waals surface area contributed by atoms with Crippen molar-refractivity contribution in [3.63, 3.8) is 0 Å². The number of hydrogen-bond acceptors (Lipinski definition) is 5. The number of amides is 1. The molecule has 0 aromatic carbocycles. The first-order valence-electron chi connectivity index (χ1n) is 5.53. The predicted octanol–water partition coefficient (Wildman–Crippen LogP) is -0.755. The van der Waals surface area contributed by atoms with E-state index in [1.54, 1.807) is 0 Å². The number of rotatable bonds is 9. The van der Waals surface area contributed by atoms with Gasteiger partial charge in [-0.3, -0.25) is 9.59 Å². The van der Waals surface area contributed by atoms with E-state index in [-0.39, 0.29) is 31.4 Å². The van der Waals surface area contributed by atoms with Gasteiger partial charge >= 0.3 is 11.9 Å². The number of carbonyl (C=O) groups is 3. The van der Waals surface area contributed by atoms with Crippen molar-refractivity contribution in [1.29, 1.82) is 0 Å². The van der Waals surface area contributed by atoms with Crippen LogP contribution in [0.3, 0.4) is 0 Å². The lowest BCUT2D eigenvalue weighted by molar-refractivity contribution is -0.142. The maximum Gasteiger partial charge on any atom is 0.326 e. The van der Waals surface area contributed by atoms with Crippen LogP contribution in [-0.2, 0) is 24.2 Å². The van der Waals surface area contributed by atoms with E-state index in [1.807, 2.05) is 0 Å². The minimum Gasteiger partial charge on any atom is -0.481 e. The summed E-state index contributed by atoms with van der Waals surface area (Å²) < 4.78 is 21.7. The Kier molecular flexibility index (Phi) is 7.05. The van der Waals surface area contributed by atoms with Gasteiger partial charge in [0.25, 0.3) is 0 Å². The summed E-state index contributed by atoms with van der Waals surface area (Å²) in [6.45, 7) is 0. The van der Waals surface area contributed by atoms with Crippen molar-refractivity contribution in [1.82, 2.24) is 5.32 Å². The van der Waals surface area contributed by atoms with E-state index in [0.29, 0.717) is 0 Å². The molecule has 0 aliphatic heterocycles. The van der Waals surface area contributed by atoms with Crippen LogP contribution in [0.1, 0.15) is 25.7 Å². The second-order valence-corrected chi connectivity index (χ2v) is 6.38. The fourth-order valence-corrected chi connectivity index (χ4v) is 1.82. The Hall–Kier alpha value is -1.64. The average molecular weight is 295 g/mol. The highest BCUT2D eigenvalue weighted by atomic mass is 32.2. The molecular formula is C10H17NO7S. The van der Waals surface area contributed by atoms with E-state index in [1.165, 1.54) is 0 Å². The number of sulfone groups is 1. The molecule has 3 N–H and O–H groups in total. The number of carboxylic acid groups (broad SMARTS) is 2. The lowest BCUT2D eigenvalue weighted by atomic mass is 10.1. The molecule has 0 saturated heterocycles. The van der Waals surface area contributed by atoms with E-state index in [2.05, 4.69) is 5.32 Å². The molecule has 1 amide bonds. The molecule has 0 radical (unpaired) electrons. The average Bonchev–Trinajstić information content (AvgIpc) is 2.23. The lowest BCUT2D eigenvalue weighted by Gasteiger charge is -2.13. The Balaban J connectivity index is 4.23. The number of aliphatic carboxylic acids is 2. The fourth-order valence-electron chi connectivity index (χ4n) is 1.26. The molecule has 9 heteroatoms. The van der Waals surface area contributed by atoms with Gasteiger partial charge in [0.05, 0.1) is 5.75 Å². The fraction of sp³-hybridized carbons (Fsp3) is 0.700. The van der Waals surface area contributed by atoms with Crippen LogP contribution in [0.2, 0.25) is 0 Å². The highest BCUT2D eigenvalue weighted by Gasteiger charge is 2.20. The molecule has 0 heterocycles. The Morgan fingerprint density at radius 1 is 1.16 bits per heavy atom. The van der Waals surface area contributed by atoms with Gasteiger partial charge in [-0.05, 0) is 12.8 Å². The van der Waals surface area contributed by atoms with E-state index < -0.39 is 33.7 Å². The van der Waals surface area contributed by atoms with Crippen LogP contribution in [0.5, 0.6) is 0 Å². The first kappa shape index (κ1) is 17.4. The molecule has 0 aromatic rings. The van der Waals surface area contributed by atoms with Gasteiger partial charge in [0.2, 0.25) is 5.91 Å². The van der Waals surface area contributed by atoms with E-state index >= 15 is 0 Å².